The van der Waals surface area contributed by atoms with Gasteiger partial charge in [-0.05, 0) is 42.9 Å². The van der Waals surface area contributed by atoms with Crippen LogP contribution in [0.25, 0.3) is 0 Å². The van der Waals surface area contributed by atoms with E-state index >= 15 is 0 Å². The first-order valence-electron chi connectivity index (χ1n) is 8.50. The van der Waals surface area contributed by atoms with Gasteiger partial charge in [0.25, 0.3) is 11.8 Å². The van der Waals surface area contributed by atoms with E-state index in [1.165, 1.54) is 0 Å². The van der Waals surface area contributed by atoms with Crippen LogP contribution in [0.1, 0.15) is 23.7 Å². The van der Waals surface area contributed by atoms with Gasteiger partial charge in [-0.2, -0.15) is 0 Å². The molecule has 0 atom stereocenters. The van der Waals surface area contributed by atoms with Crippen LogP contribution in [0.4, 0.5) is 0 Å². The van der Waals surface area contributed by atoms with E-state index in [0.717, 1.165) is 6.42 Å². The lowest BCUT2D eigenvalue weighted by molar-refractivity contribution is -0.123. The molecular weight excluding hydrogens is 402 g/mol. The third-order valence-electron chi connectivity index (χ3n) is 3.33. The Labute approximate surface area is 173 Å². The molecule has 0 aromatic heterocycles. The van der Waals surface area contributed by atoms with Gasteiger partial charge in [-0.15, -0.1) is 0 Å². The van der Waals surface area contributed by atoms with Gasteiger partial charge < -0.3 is 9.47 Å². The molecular formula is C19H20ClN3O4S. The summed E-state index contributed by atoms with van der Waals surface area (Å²) in [5.41, 5.74) is 5.12. The van der Waals surface area contributed by atoms with Gasteiger partial charge >= 0.3 is 0 Å². The normalized spacial score (nSPS) is 9.93. The van der Waals surface area contributed by atoms with Crippen LogP contribution >= 0.6 is 23.8 Å². The van der Waals surface area contributed by atoms with Crippen molar-refractivity contribution in [3.8, 4) is 11.5 Å². The quantitative estimate of drug-likeness (QED) is 0.470. The number of para-hydroxylation sites is 2. The van der Waals surface area contributed by atoms with E-state index in [0.29, 0.717) is 28.7 Å². The third kappa shape index (κ3) is 6.71. The number of ether oxygens (including phenoxy) is 2. The molecule has 0 saturated carbocycles. The Balaban J connectivity index is 1.80. The lowest BCUT2D eigenvalue weighted by atomic mass is 10.2. The smallest absolute Gasteiger partial charge is 0.276 e. The van der Waals surface area contributed by atoms with E-state index in [1.807, 2.05) is 6.92 Å². The first-order chi connectivity index (χ1) is 13.5. The fourth-order valence-electron chi connectivity index (χ4n) is 2.06. The molecule has 0 aliphatic carbocycles. The fraction of sp³-hybridized carbons (Fsp3) is 0.211. The summed E-state index contributed by atoms with van der Waals surface area (Å²) in [5.74, 6) is -0.102. The van der Waals surface area contributed by atoms with E-state index in [1.54, 1.807) is 48.5 Å². The molecule has 148 valence electrons. The summed E-state index contributed by atoms with van der Waals surface area (Å²) >= 11 is 11.0. The summed E-state index contributed by atoms with van der Waals surface area (Å²) in [4.78, 5) is 24.2. The number of hydrogen-bond acceptors (Lipinski definition) is 5. The zero-order valence-electron chi connectivity index (χ0n) is 15.2. The van der Waals surface area contributed by atoms with Crippen LogP contribution in [-0.4, -0.2) is 30.1 Å². The molecule has 3 N–H and O–H groups in total. The molecule has 2 amide bonds. The summed E-state index contributed by atoms with van der Waals surface area (Å²) < 4.78 is 10.9. The molecule has 28 heavy (non-hydrogen) atoms. The number of benzene rings is 2. The zero-order valence-corrected chi connectivity index (χ0v) is 16.7. The van der Waals surface area contributed by atoms with Crippen molar-refractivity contribution in [2.75, 3.05) is 13.2 Å². The van der Waals surface area contributed by atoms with Crippen molar-refractivity contribution in [3.63, 3.8) is 0 Å². The SMILES string of the molecule is CCCOc1ccccc1C(=O)NC(=S)NNC(=O)COc1ccccc1Cl. The number of hydrazine groups is 1. The van der Waals surface area contributed by atoms with Crippen molar-refractivity contribution < 1.29 is 19.1 Å². The molecule has 2 rings (SSSR count). The molecule has 0 spiro atoms. The molecule has 0 radical (unpaired) electrons. The number of nitrogens with one attached hydrogen (secondary N) is 3. The summed E-state index contributed by atoms with van der Waals surface area (Å²) in [6.07, 6.45) is 0.818. The van der Waals surface area contributed by atoms with Gasteiger partial charge in [-0.25, -0.2) is 0 Å². The topological polar surface area (TPSA) is 88.7 Å². The van der Waals surface area contributed by atoms with Gasteiger partial charge in [-0.3, -0.25) is 25.8 Å². The standard InChI is InChI=1S/C19H20ClN3O4S/c1-2-11-26-15-9-5-3-7-13(15)18(25)21-19(28)23-22-17(24)12-27-16-10-6-4-8-14(16)20/h3-10H,2,11-12H2,1H3,(H,22,24)(H2,21,23,25,28). The van der Waals surface area contributed by atoms with E-state index in [9.17, 15) is 9.59 Å². The Kier molecular flexibility index (Phi) is 8.51. The number of amides is 2. The molecule has 0 saturated heterocycles. The number of carbonyl (C=O) groups is 2. The highest BCUT2D eigenvalue weighted by atomic mass is 35.5. The van der Waals surface area contributed by atoms with Crippen LogP contribution in [0.15, 0.2) is 48.5 Å². The highest BCUT2D eigenvalue weighted by molar-refractivity contribution is 7.80. The summed E-state index contributed by atoms with van der Waals surface area (Å²) in [7, 11) is 0. The predicted molar refractivity (Wildman–Crippen MR) is 111 cm³/mol. The average Bonchev–Trinajstić information content (AvgIpc) is 2.70. The van der Waals surface area contributed by atoms with Crippen LogP contribution < -0.4 is 25.6 Å². The van der Waals surface area contributed by atoms with Crippen molar-refractivity contribution in [1.82, 2.24) is 16.2 Å². The molecule has 0 fully saturated rings. The van der Waals surface area contributed by atoms with Crippen molar-refractivity contribution in [2.45, 2.75) is 13.3 Å². The van der Waals surface area contributed by atoms with Crippen molar-refractivity contribution in [1.29, 1.82) is 0 Å². The van der Waals surface area contributed by atoms with Crippen LogP contribution in [0, 0.1) is 0 Å². The van der Waals surface area contributed by atoms with Crippen molar-refractivity contribution in [3.05, 3.63) is 59.1 Å². The number of carbonyl (C=O) groups excluding carboxylic acids is 2. The highest BCUT2D eigenvalue weighted by Gasteiger charge is 2.14. The maximum Gasteiger partial charge on any atom is 0.276 e. The molecule has 0 unspecified atom stereocenters. The average molecular weight is 422 g/mol. The number of thiocarbonyl (C=S) groups is 1. The second-order valence-electron chi connectivity index (χ2n) is 5.52. The Hall–Kier alpha value is -2.84. The minimum absolute atomic E-state index is 0.0682. The molecule has 2 aromatic rings. The summed E-state index contributed by atoms with van der Waals surface area (Å²) in [5, 5.41) is 2.81. The number of hydrogen-bond donors (Lipinski definition) is 3. The van der Waals surface area contributed by atoms with E-state index in [-0.39, 0.29) is 11.7 Å². The monoisotopic (exact) mass is 421 g/mol. The molecule has 0 aliphatic rings. The molecule has 7 nitrogen and oxygen atoms in total. The second-order valence-corrected chi connectivity index (χ2v) is 6.34. The number of rotatable bonds is 7. The van der Waals surface area contributed by atoms with Gasteiger partial charge in [0, 0.05) is 0 Å². The minimum Gasteiger partial charge on any atom is -0.493 e. The van der Waals surface area contributed by atoms with Crippen LogP contribution in [0.3, 0.4) is 0 Å². The van der Waals surface area contributed by atoms with Crippen LogP contribution in [-0.2, 0) is 4.79 Å². The lowest BCUT2D eigenvalue weighted by Crippen LogP contribution is -2.49. The van der Waals surface area contributed by atoms with Gasteiger partial charge in [0.15, 0.2) is 11.7 Å². The maximum atomic E-state index is 12.4. The molecule has 9 heteroatoms. The Morgan fingerprint density at radius 3 is 2.39 bits per heavy atom. The van der Waals surface area contributed by atoms with E-state index in [4.69, 9.17) is 33.3 Å². The summed E-state index contributed by atoms with van der Waals surface area (Å²) in [6.45, 7) is 2.19. The highest BCUT2D eigenvalue weighted by Crippen LogP contribution is 2.22. The Bertz CT molecular complexity index is 847. The predicted octanol–water partition coefficient (Wildman–Crippen LogP) is 2.84. The largest absolute Gasteiger partial charge is 0.493 e. The number of halogens is 1. The summed E-state index contributed by atoms with van der Waals surface area (Å²) in [6, 6.07) is 13.6. The molecule has 2 aromatic carbocycles. The molecule has 0 heterocycles. The van der Waals surface area contributed by atoms with Gasteiger partial charge in [0.2, 0.25) is 0 Å². The van der Waals surface area contributed by atoms with Crippen LogP contribution in [0.5, 0.6) is 11.5 Å². The molecule has 0 aliphatic heterocycles. The van der Waals surface area contributed by atoms with Crippen LogP contribution in [0.2, 0.25) is 5.02 Å². The van der Waals surface area contributed by atoms with Crippen molar-refractivity contribution >= 4 is 40.7 Å². The van der Waals surface area contributed by atoms with E-state index < -0.39 is 11.8 Å². The van der Waals surface area contributed by atoms with Gasteiger partial charge in [0.1, 0.15) is 11.5 Å². The minimum atomic E-state index is -0.497. The van der Waals surface area contributed by atoms with Gasteiger partial charge in [-0.1, -0.05) is 42.8 Å². The second kappa shape index (κ2) is 11.1. The molecule has 0 bridgehead atoms. The van der Waals surface area contributed by atoms with Gasteiger partial charge in [0.05, 0.1) is 17.2 Å². The third-order valence-corrected chi connectivity index (χ3v) is 3.85. The fourth-order valence-corrected chi connectivity index (χ4v) is 2.40. The first-order valence-corrected chi connectivity index (χ1v) is 9.29. The Morgan fingerprint density at radius 2 is 1.68 bits per heavy atom. The zero-order chi connectivity index (χ0) is 20.4. The first kappa shape index (κ1) is 21.5. The maximum absolute atomic E-state index is 12.4. The Morgan fingerprint density at radius 1 is 1.00 bits per heavy atom. The van der Waals surface area contributed by atoms with Crippen molar-refractivity contribution in [2.24, 2.45) is 0 Å². The lowest BCUT2D eigenvalue weighted by Gasteiger charge is -2.13. The van der Waals surface area contributed by atoms with E-state index in [2.05, 4.69) is 16.2 Å².